The fourth-order valence-corrected chi connectivity index (χ4v) is 3.31. The lowest BCUT2D eigenvalue weighted by atomic mass is 10.1. The molecule has 0 aliphatic heterocycles. The van der Waals surface area contributed by atoms with E-state index < -0.39 is 0 Å². The van der Waals surface area contributed by atoms with Gasteiger partial charge in [0, 0.05) is 20.8 Å². The molecule has 1 atom stereocenters. The van der Waals surface area contributed by atoms with Crippen molar-refractivity contribution >= 4 is 22.9 Å². The van der Waals surface area contributed by atoms with E-state index >= 15 is 0 Å². The Morgan fingerprint density at radius 2 is 2.06 bits per heavy atom. The molecule has 0 bridgehead atoms. The van der Waals surface area contributed by atoms with E-state index in [9.17, 15) is 0 Å². The van der Waals surface area contributed by atoms with E-state index in [2.05, 4.69) is 18.2 Å². The Labute approximate surface area is 110 Å². The van der Waals surface area contributed by atoms with Gasteiger partial charge in [0.1, 0.15) is 0 Å². The first-order chi connectivity index (χ1) is 8.24. The standard InChI is InChI=1S/C14H14ClNS/c15-11-3-1-2-10(8-11)12-6-7-13(17-12)14(16)9-4-5-9/h1-3,6-9,14H,4-5,16H2. The number of nitrogens with two attached hydrogens (primary N) is 1. The summed E-state index contributed by atoms with van der Waals surface area (Å²) in [4.78, 5) is 2.54. The van der Waals surface area contributed by atoms with Crippen molar-refractivity contribution in [3.05, 3.63) is 46.3 Å². The molecule has 1 heterocycles. The Kier molecular flexibility index (Phi) is 2.95. The molecule has 0 radical (unpaired) electrons. The molecule has 1 aliphatic carbocycles. The maximum Gasteiger partial charge on any atom is 0.0418 e. The highest BCUT2D eigenvalue weighted by Crippen LogP contribution is 2.42. The van der Waals surface area contributed by atoms with Crippen molar-refractivity contribution < 1.29 is 0 Å². The highest BCUT2D eigenvalue weighted by Gasteiger charge is 2.30. The normalized spacial score (nSPS) is 17.1. The lowest BCUT2D eigenvalue weighted by molar-refractivity contribution is 0.645. The minimum atomic E-state index is 0.230. The van der Waals surface area contributed by atoms with Crippen molar-refractivity contribution in [2.75, 3.05) is 0 Å². The van der Waals surface area contributed by atoms with Gasteiger partial charge in [-0.05, 0) is 48.6 Å². The Hall–Kier alpha value is -0.830. The number of thiophene rings is 1. The molecule has 0 saturated heterocycles. The van der Waals surface area contributed by atoms with Crippen LogP contribution in [0.3, 0.4) is 0 Å². The Balaban J connectivity index is 1.89. The lowest BCUT2D eigenvalue weighted by Gasteiger charge is -2.06. The van der Waals surface area contributed by atoms with Gasteiger partial charge in [0.05, 0.1) is 0 Å². The van der Waals surface area contributed by atoms with Crippen LogP contribution in [0, 0.1) is 5.92 Å². The van der Waals surface area contributed by atoms with E-state index in [1.165, 1.54) is 28.2 Å². The van der Waals surface area contributed by atoms with Crippen molar-refractivity contribution in [3.8, 4) is 10.4 Å². The van der Waals surface area contributed by atoms with E-state index in [4.69, 9.17) is 17.3 Å². The van der Waals surface area contributed by atoms with Crippen LogP contribution in [0.4, 0.5) is 0 Å². The van der Waals surface area contributed by atoms with Crippen molar-refractivity contribution in [3.63, 3.8) is 0 Å². The molecule has 0 amide bonds. The molecule has 1 nitrogen and oxygen atoms in total. The number of hydrogen-bond acceptors (Lipinski definition) is 2. The zero-order valence-electron chi connectivity index (χ0n) is 9.40. The van der Waals surface area contributed by atoms with Crippen LogP contribution in [0.5, 0.6) is 0 Å². The van der Waals surface area contributed by atoms with Gasteiger partial charge >= 0.3 is 0 Å². The molecule has 17 heavy (non-hydrogen) atoms. The first-order valence-corrected chi connectivity index (χ1v) is 7.05. The van der Waals surface area contributed by atoms with E-state index in [1.807, 2.05) is 18.2 Å². The van der Waals surface area contributed by atoms with Crippen LogP contribution >= 0.6 is 22.9 Å². The predicted octanol–water partition coefficient (Wildman–Crippen LogP) is 4.48. The quantitative estimate of drug-likeness (QED) is 0.868. The molecular formula is C14H14ClNS. The molecule has 2 N–H and O–H groups in total. The Bertz CT molecular complexity index is 531. The summed E-state index contributed by atoms with van der Waals surface area (Å²) in [7, 11) is 0. The molecule has 1 aliphatic rings. The minimum Gasteiger partial charge on any atom is -0.323 e. The van der Waals surface area contributed by atoms with Crippen LogP contribution in [-0.4, -0.2) is 0 Å². The Morgan fingerprint density at radius 1 is 1.24 bits per heavy atom. The van der Waals surface area contributed by atoms with Crippen LogP contribution in [0.1, 0.15) is 23.8 Å². The summed E-state index contributed by atoms with van der Waals surface area (Å²) in [5.74, 6) is 0.709. The molecule has 0 spiro atoms. The van der Waals surface area contributed by atoms with Gasteiger partial charge in [-0.3, -0.25) is 0 Å². The second-order valence-electron chi connectivity index (χ2n) is 4.58. The highest BCUT2D eigenvalue weighted by atomic mass is 35.5. The molecule has 3 rings (SSSR count). The zero-order chi connectivity index (χ0) is 11.8. The van der Waals surface area contributed by atoms with Crippen LogP contribution in [-0.2, 0) is 0 Å². The van der Waals surface area contributed by atoms with Crippen molar-refractivity contribution in [2.45, 2.75) is 18.9 Å². The molecule has 2 aromatic rings. The summed E-state index contributed by atoms with van der Waals surface area (Å²) in [5, 5.41) is 0.781. The van der Waals surface area contributed by atoms with E-state index in [-0.39, 0.29) is 6.04 Å². The van der Waals surface area contributed by atoms with Gasteiger partial charge in [-0.1, -0.05) is 23.7 Å². The Morgan fingerprint density at radius 3 is 2.76 bits per heavy atom. The molecule has 88 valence electrons. The third kappa shape index (κ3) is 2.39. The third-order valence-corrected chi connectivity index (χ3v) is 4.67. The zero-order valence-corrected chi connectivity index (χ0v) is 11.0. The maximum absolute atomic E-state index is 6.21. The van der Waals surface area contributed by atoms with Gasteiger partial charge in [0.15, 0.2) is 0 Å². The van der Waals surface area contributed by atoms with Crippen molar-refractivity contribution in [1.82, 2.24) is 0 Å². The SMILES string of the molecule is NC(c1ccc(-c2cccc(Cl)c2)s1)C1CC1. The average molecular weight is 264 g/mol. The van der Waals surface area contributed by atoms with Crippen molar-refractivity contribution in [2.24, 2.45) is 11.7 Å². The van der Waals surface area contributed by atoms with Gasteiger partial charge in [-0.25, -0.2) is 0 Å². The number of halogens is 1. The summed E-state index contributed by atoms with van der Waals surface area (Å²) in [6.07, 6.45) is 2.57. The van der Waals surface area contributed by atoms with E-state index in [1.54, 1.807) is 11.3 Å². The topological polar surface area (TPSA) is 26.0 Å². The minimum absolute atomic E-state index is 0.230. The molecule has 1 fully saturated rings. The van der Waals surface area contributed by atoms with Crippen LogP contribution in [0.2, 0.25) is 5.02 Å². The van der Waals surface area contributed by atoms with Gasteiger partial charge in [0.25, 0.3) is 0 Å². The van der Waals surface area contributed by atoms with Crippen LogP contribution in [0.15, 0.2) is 36.4 Å². The van der Waals surface area contributed by atoms with Crippen LogP contribution in [0.25, 0.3) is 10.4 Å². The van der Waals surface area contributed by atoms with E-state index in [0.29, 0.717) is 5.92 Å². The van der Waals surface area contributed by atoms with E-state index in [0.717, 1.165) is 5.02 Å². The van der Waals surface area contributed by atoms with Crippen molar-refractivity contribution in [1.29, 1.82) is 0 Å². The summed E-state index contributed by atoms with van der Waals surface area (Å²) in [6.45, 7) is 0. The lowest BCUT2D eigenvalue weighted by Crippen LogP contribution is -2.10. The monoisotopic (exact) mass is 263 g/mol. The molecule has 1 aromatic heterocycles. The average Bonchev–Trinajstić information content (AvgIpc) is 3.05. The molecule has 1 unspecified atom stereocenters. The fourth-order valence-electron chi connectivity index (χ4n) is 2.02. The second kappa shape index (κ2) is 4.45. The predicted molar refractivity (Wildman–Crippen MR) is 74.4 cm³/mol. The third-order valence-electron chi connectivity index (χ3n) is 3.19. The molecule has 1 aromatic carbocycles. The van der Waals surface area contributed by atoms with Gasteiger partial charge in [-0.15, -0.1) is 11.3 Å². The second-order valence-corrected chi connectivity index (χ2v) is 6.13. The summed E-state index contributed by atoms with van der Waals surface area (Å²) >= 11 is 7.79. The first kappa shape index (κ1) is 11.3. The highest BCUT2D eigenvalue weighted by molar-refractivity contribution is 7.15. The van der Waals surface area contributed by atoms with Gasteiger partial charge < -0.3 is 5.73 Å². The molecule has 3 heteroatoms. The fraction of sp³-hybridized carbons (Fsp3) is 0.286. The smallest absolute Gasteiger partial charge is 0.0418 e. The largest absolute Gasteiger partial charge is 0.323 e. The number of benzene rings is 1. The first-order valence-electron chi connectivity index (χ1n) is 5.85. The summed E-state index contributed by atoms with van der Waals surface area (Å²) < 4.78 is 0. The van der Waals surface area contributed by atoms with Gasteiger partial charge in [-0.2, -0.15) is 0 Å². The molecule has 1 saturated carbocycles. The number of rotatable bonds is 3. The van der Waals surface area contributed by atoms with Gasteiger partial charge in [0.2, 0.25) is 0 Å². The number of hydrogen-bond donors (Lipinski definition) is 1. The summed E-state index contributed by atoms with van der Waals surface area (Å²) in [5.41, 5.74) is 7.38. The summed E-state index contributed by atoms with van der Waals surface area (Å²) in [6, 6.07) is 12.5. The van der Waals surface area contributed by atoms with Crippen LogP contribution < -0.4 is 5.73 Å². The molecular weight excluding hydrogens is 250 g/mol. The maximum atomic E-state index is 6.21.